The van der Waals surface area contributed by atoms with Crippen LogP contribution in [0.1, 0.15) is 0 Å². The fourth-order valence-electron chi connectivity index (χ4n) is 3.22. The van der Waals surface area contributed by atoms with Crippen molar-refractivity contribution in [2.24, 2.45) is 0 Å². The highest BCUT2D eigenvalue weighted by Crippen LogP contribution is 2.22. The molecule has 0 aliphatic heterocycles. The van der Waals surface area contributed by atoms with Crippen LogP contribution >= 0.6 is 0 Å². The van der Waals surface area contributed by atoms with Gasteiger partial charge in [-0.25, -0.2) is 4.98 Å². The van der Waals surface area contributed by atoms with Crippen LogP contribution in [0.15, 0.2) is 60.8 Å². The van der Waals surface area contributed by atoms with Crippen molar-refractivity contribution >= 4 is 32.1 Å². The molecule has 0 saturated heterocycles. The van der Waals surface area contributed by atoms with Crippen LogP contribution in [0.2, 0.25) is 0 Å². The van der Waals surface area contributed by atoms with Gasteiger partial charge in [0.2, 0.25) is 5.88 Å². The van der Waals surface area contributed by atoms with Gasteiger partial charge in [-0.2, -0.15) is 13.4 Å². The first-order valence-corrected chi connectivity index (χ1v) is 12.3. The normalized spacial score (nSPS) is 11.9. The van der Waals surface area contributed by atoms with E-state index in [0.29, 0.717) is 32.3 Å². The number of hydrogen-bond acceptors (Lipinski definition) is 8. The number of benzene rings is 1. The van der Waals surface area contributed by atoms with Crippen LogP contribution in [-0.4, -0.2) is 68.8 Å². The average molecular weight is 472 g/mol. The van der Waals surface area contributed by atoms with Crippen LogP contribution in [0.5, 0.6) is 5.88 Å². The Hall–Kier alpha value is -3.05. The molecule has 0 bridgehead atoms. The first-order valence-electron chi connectivity index (χ1n) is 10.5. The van der Waals surface area contributed by atoms with Gasteiger partial charge in [0.05, 0.1) is 44.8 Å². The molecule has 1 aromatic carbocycles. The highest BCUT2D eigenvalue weighted by molar-refractivity contribution is 7.85. The van der Waals surface area contributed by atoms with E-state index in [1.807, 2.05) is 65.4 Å². The Morgan fingerprint density at radius 3 is 2.33 bits per heavy atom. The maximum atomic E-state index is 10.8. The SMILES string of the molecule is CS(=O)(=O)OCCOCCOCCOc1ccc2ccn(-c3ccc4ccccc4n3)c2n1. The van der Waals surface area contributed by atoms with E-state index < -0.39 is 10.1 Å². The third kappa shape index (κ3) is 6.48. The maximum Gasteiger partial charge on any atom is 0.264 e. The van der Waals surface area contributed by atoms with Crippen LogP contribution in [0.3, 0.4) is 0 Å². The van der Waals surface area contributed by atoms with Crippen molar-refractivity contribution < 1.29 is 26.8 Å². The smallest absolute Gasteiger partial charge is 0.264 e. The molecule has 0 unspecified atom stereocenters. The summed E-state index contributed by atoms with van der Waals surface area (Å²) < 4.78 is 44.6. The molecule has 0 aliphatic rings. The zero-order chi connectivity index (χ0) is 23.1. The van der Waals surface area contributed by atoms with Crippen LogP contribution in [0.4, 0.5) is 0 Å². The molecule has 10 heteroatoms. The largest absolute Gasteiger partial charge is 0.475 e. The van der Waals surface area contributed by atoms with E-state index in [9.17, 15) is 8.42 Å². The summed E-state index contributed by atoms with van der Waals surface area (Å²) in [4.78, 5) is 9.38. The number of fused-ring (bicyclic) bond motifs is 2. The molecule has 33 heavy (non-hydrogen) atoms. The fraction of sp³-hybridized carbons (Fsp3) is 0.304. The maximum absolute atomic E-state index is 10.8. The average Bonchev–Trinajstić information content (AvgIpc) is 3.22. The molecular formula is C23H25N3O6S. The molecule has 3 aromatic heterocycles. The van der Waals surface area contributed by atoms with Crippen LogP contribution < -0.4 is 4.74 Å². The quantitative estimate of drug-likeness (QED) is 0.230. The molecule has 3 heterocycles. The van der Waals surface area contributed by atoms with Gasteiger partial charge in [-0.05, 0) is 30.3 Å². The van der Waals surface area contributed by atoms with Crippen molar-refractivity contribution in [3.8, 4) is 11.7 Å². The fourth-order valence-corrected chi connectivity index (χ4v) is 3.59. The Morgan fingerprint density at radius 2 is 1.52 bits per heavy atom. The van der Waals surface area contributed by atoms with Gasteiger partial charge < -0.3 is 14.2 Å². The van der Waals surface area contributed by atoms with Crippen molar-refractivity contribution in [3.05, 3.63) is 60.8 Å². The predicted molar refractivity (Wildman–Crippen MR) is 124 cm³/mol. The molecule has 4 rings (SSSR count). The lowest BCUT2D eigenvalue weighted by Crippen LogP contribution is -2.14. The van der Waals surface area contributed by atoms with E-state index in [0.717, 1.165) is 34.0 Å². The van der Waals surface area contributed by atoms with Gasteiger partial charge in [0.15, 0.2) is 0 Å². The number of para-hydroxylation sites is 1. The van der Waals surface area contributed by atoms with E-state index in [4.69, 9.17) is 19.2 Å². The number of rotatable bonds is 12. The van der Waals surface area contributed by atoms with Crippen molar-refractivity contribution in [2.45, 2.75) is 0 Å². The summed E-state index contributed by atoms with van der Waals surface area (Å²) in [5, 5.41) is 2.08. The molecule has 0 atom stereocenters. The summed E-state index contributed by atoms with van der Waals surface area (Å²) in [5.41, 5.74) is 1.69. The van der Waals surface area contributed by atoms with Crippen molar-refractivity contribution in [3.63, 3.8) is 0 Å². The van der Waals surface area contributed by atoms with Crippen LogP contribution in [-0.2, 0) is 23.8 Å². The number of pyridine rings is 2. The van der Waals surface area contributed by atoms with Gasteiger partial charge in [0, 0.05) is 23.0 Å². The number of ether oxygens (including phenoxy) is 3. The second-order valence-corrected chi connectivity index (χ2v) is 8.85. The third-order valence-corrected chi connectivity index (χ3v) is 5.31. The summed E-state index contributed by atoms with van der Waals surface area (Å²) in [6, 6.07) is 17.8. The predicted octanol–water partition coefficient (Wildman–Crippen LogP) is 2.96. The molecule has 0 spiro atoms. The Balaban J connectivity index is 1.26. The lowest BCUT2D eigenvalue weighted by molar-refractivity contribution is 0.0276. The number of aromatic nitrogens is 3. The highest BCUT2D eigenvalue weighted by Gasteiger charge is 2.08. The Morgan fingerprint density at radius 1 is 0.788 bits per heavy atom. The molecule has 0 fully saturated rings. The molecular weight excluding hydrogens is 446 g/mol. The first kappa shape index (κ1) is 23.1. The zero-order valence-electron chi connectivity index (χ0n) is 18.2. The highest BCUT2D eigenvalue weighted by atomic mass is 32.2. The third-order valence-electron chi connectivity index (χ3n) is 4.72. The molecule has 0 amide bonds. The molecule has 0 radical (unpaired) electrons. The van der Waals surface area contributed by atoms with Gasteiger partial charge in [-0.15, -0.1) is 0 Å². The van der Waals surface area contributed by atoms with E-state index in [1.165, 1.54) is 0 Å². The minimum atomic E-state index is -3.43. The number of nitrogens with zero attached hydrogens (tertiary/aromatic N) is 3. The van der Waals surface area contributed by atoms with Gasteiger partial charge in [-0.3, -0.25) is 8.75 Å². The minimum absolute atomic E-state index is 0.00740. The van der Waals surface area contributed by atoms with Gasteiger partial charge in [-0.1, -0.05) is 18.2 Å². The van der Waals surface area contributed by atoms with Gasteiger partial charge in [0.25, 0.3) is 10.1 Å². The van der Waals surface area contributed by atoms with Crippen molar-refractivity contribution in [1.29, 1.82) is 0 Å². The summed E-state index contributed by atoms with van der Waals surface area (Å²) >= 11 is 0. The monoisotopic (exact) mass is 471 g/mol. The van der Waals surface area contributed by atoms with Crippen molar-refractivity contribution in [1.82, 2.24) is 14.5 Å². The summed E-state index contributed by atoms with van der Waals surface area (Å²) in [7, 11) is -3.43. The second-order valence-electron chi connectivity index (χ2n) is 7.21. The van der Waals surface area contributed by atoms with Gasteiger partial charge >= 0.3 is 0 Å². The van der Waals surface area contributed by atoms with E-state index in [-0.39, 0.29) is 13.2 Å². The molecule has 174 valence electrons. The molecule has 4 aromatic rings. The summed E-state index contributed by atoms with van der Waals surface area (Å²) in [5.74, 6) is 1.29. The Kier molecular flexibility index (Phi) is 7.50. The molecule has 0 saturated carbocycles. The number of hydrogen-bond donors (Lipinski definition) is 0. The standard InChI is InChI=1S/C23H25N3O6S/c1-33(27,28)32-17-15-30-13-12-29-14-16-31-22-9-7-19-10-11-26(23(19)25-22)21-8-6-18-4-2-3-5-20(18)24-21/h2-11H,12-17H2,1H3. The first-order chi connectivity index (χ1) is 16.0. The van der Waals surface area contributed by atoms with Crippen LogP contribution in [0, 0.1) is 0 Å². The Labute approximate surface area is 192 Å². The second kappa shape index (κ2) is 10.7. The van der Waals surface area contributed by atoms with Crippen LogP contribution in [0.25, 0.3) is 27.8 Å². The molecule has 0 N–H and O–H groups in total. The van der Waals surface area contributed by atoms with E-state index >= 15 is 0 Å². The topological polar surface area (TPSA) is 102 Å². The van der Waals surface area contributed by atoms with Crippen molar-refractivity contribution in [2.75, 3.05) is 45.9 Å². The van der Waals surface area contributed by atoms with E-state index in [1.54, 1.807) is 0 Å². The minimum Gasteiger partial charge on any atom is -0.475 e. The Bertz CT molecular complexity index is 1320. The lowest BCUT2D eigenvalue weighted by atomic mass is 10.2. The molecule has 0 aliphatic carbocycles. The molecule has 9 nitrogen and oxygen atoms in total. The zero-order valence-corrected chi connectivity index (χ0v) is 19.0. The summed E-state index contributed by atoms with van der Waals surface area (Å²) in [6.45, 7) is 1.59. The van der Waals surface area contributed by atoms with E-state index in [2.05, 4.69) is 9.17 Å². The van der Waals surface area contributed by atoms with Gasteiger partial charge in [0.1, 0.15) is 18.1 Å². The summed E-state index contributed by atoms with van der Waals surface area (Å²) in [6.07, 6.45) is 2.95. The lowest BCUT2D eigenvalue weighted by Gasteiger charge is -2.09.